The van der Waals surface area contributed by atoms with Crippen LogP contribution in [0, 0.1) is 28.8 Å². The highest BCUT2D eigenvalue weighted by Crippen LogP contribution is 2.58. The van der Waals surface area contributed by atoms with E-state index in [0.29, 0.717) is 85.2 Å². The first-order chi connectivity index (χ1) is 26.7. The van der Waals surface area contributed by atoms with E-state index < -0.39 is 40.8 Å². The summed E-state index contributed by atoms with van der Waals surface area (Å²) in [6.07, 6.45) is 2.58. The number of carbonyl (C=O) groups excluding carboxylic acids is 1. The molecule has 2 N–H and O–H groups in total. The molecule has 17 heteroatoms. The number of fused-ring (bicyclic) bond motifs is 1. The Morgan fingerprint density at radius 3 is 2.23 bits per heavy atom. The normalized spacial score (nSPS) is 27.9. The molecule has 6 aliphatic rings. The van der Waals surface area contributed by atoms with Gasteiger partial charge in [-0.2, -0.15) is 17.6 Å². The van der Waals surface area contributed by atoms with Gasteiger partial charge in [0, 0.05) is 74.2 Å². The van der Waals surface area contributed by atoms with Crippen molar-refractivity contribution in [3.8, 4) is 17.1 Å². The molecule has 5 aliphatic carbocycles. The number of hydrogen-bond donors (Lipinski definition) is 2. The predicted octanol–water partition coefficient (Wildman–Crippen LogP) is 8.52. The smallest absolute Gasteiger partial charge is 0.434 e. The van der Waals surface area contributed by atoms with Gasteiger partial charge in [0.25, 0.3) is 5.91 Å². The van der Waals surface area contributed by atoms with Crippen LogP contribution in [0.2, 0.25) is 0 Å². The van der Waals surface area contributed by atoms with Crippen molar-refractivity contribution >= 4 is 39.2 Å². The lowest BCUT2D eigenvalue weighted by Crippen LogP contribution is -2.70. The van der Waals surface area contributed by atoms with Gasteiger partial charge < -0.3 is 24.6 Å². The molecule has 1 amide bonds. The quantitative estimate of drug-likeness (QED) is 0.170. The zero-order valence-corrected chi connectivity index (χ0v) is 31.0. The summed E-state index contributed by atoms with van der Waals surface area (Å²) in [5, 5.41) is 13.8. The standard InChI is InChI=1S/C39H40F6N6O4S/c40-31-18-47-36(56-31)50-9-5-25(6-10-50)55-26-1-2-27-29(19-51(30(27)16-26)24-3-7-37(41,42)8-4-24)33-46-17-28(32(48-33)39(43,44)45)34(52)49-38(35(53)54)22-12-20-11-21(14-22)15-23(38)13-20/h1-2,16-25H,3-15H2,(H,49,52)(H,53,54). The van der Waals surface area contributed by atoms with Crippen LogP contribution in [0.15, 0.2) is 36.8 Å². The Morgan fingerprint density at radius 2 is 1.62 bits per heavy atom. The van der Waals surface area contributed by atoms with Crippen LogP contribution >= 0.6 is 11.3 Å². The molecule has 6 fully saturated rings. The summed E-state index contributed by atoms with van der Waals surface area (Å²) in [6.45, 7) is 1.20. The number of alkyl halides is 5. The third-order valence-corrected chi connectivity index (χ3v) is 13.9. The highest BCUT2D eigenvalue weighted by molar-refractivity contribution is 7.14. The largest absolute Gasteiger partial charge is 0.490 e. The van der Waals surface area contributed by atoms with E-state index in [-0.39, 0.29) is 66.2 Å². The van der Waals surface area contributed by atoms with Gasteiger partial charge in [0.15, 0.2) is 21.8 Å². The van der Waals surface area contributed by atoms with Crippen molar-refractivity contribution in [2.45, 2.75) is 100 Å². The number of carbonyl (C=O) groups is 2. The maximum Gasteiger partial charge on any atom is 0.434 e. The molecule has 1 aliphatic heterocycles. The highest BCUT2D eigenvalue weighted by Gasteiger charge is 2.62. The Bertz CT molecular complexity index is 2140. The summed E-state index contributed by atoms with van der Waals surface area (Å²) in [7, 11) is 0. The van der Waals surface area contributed by atoms with Gasteiger partial charge >= 0.3 is 12.1 Å². The van der Waals surface area contributed by atoms with Crippen molar-refractivity contribution in [3.05, 3.63) is 53.2 Å². The van der Waals surface area contributed by atoms with Gasteiger partial charge in [0.1, 0.15) is 17.4 Å². The van der Waals surface area contributed by atoms with E-state index in [1.807, 2.05) is 4.90 Å². The molecule has 1 aromatic carbocycles. The van der Waals surface area contributed by atoms with E-state index in [0.717, 1.165) is 24.0 Å². The first-order valence-corrected chi connectivity index (χ1v) is 20.0. The van der Waals surface area contributed by atoms with Gasteiger partial charge in [-0.1, -0.05) is 11.3 Å². The Balaban J connectivity index is 1.03. The fourth-order valence-corrected chi connectivity index (χ4v) is 11.2. The van der Waals surface area contributed by atoms with Crippen molar-refractivity contribution < 1.29 is 45.8 Å². The highest BCUT2D eigenvalue weighted by atomic mass is 32.1. The fourth-order valence-electron chi connectivity index (χ4n) is 10.5. The number of nitrogens with zero attached hydrogens (tertiary/aromatic N) is 5. The number of piperidine rings is 1. The first kappa shape index (κ1) is 37.2. The van der Waals surface area contributed by atoms with Gasteiger partial charge in [-0.05, 0) is 80.8 Å². The van der Waals surface area contributed by atoms with Gasteiger partial charge in [-0.25, -0.2) is 28.5 Å². The SMILES string of the molecule is O=C(NC1(C(=O)O)C2CC3CC(C2)CC1C3)c1cnc(-c2cn(C3CCC(F)(F)CC3)c3cc(OC4CCN(c5ncc(F)s5)CC4)ccc23)nc1C(F)(F)F. The summed E-state index contributed by atoms with van der Waals surface area (Å²) in [4.78, 5) is 40.9. The van der Waals surface area contributed by atoms with Crippen LogP contribution in [0.5, 0.6) is 5.75 Å². The van der Waals surface area contributed by atoms with Crippen molar-refractivity contribution in [1.29, 1.82) is 0 Å². The third kappa shape index (κ3) is 6.56. The molecule has 10 nitrogen and oxygen atoms in total. The molecule has 4 aromatic rings. The van der Waals surface area contributed by atoms with Crippen LogP contribution in [0.1, 0.15) is 92.7 Å². The van der Waals surface area contributed by atoms with E-state index in [1.165, 1.54) is 6.20 Å². The van der Waals surface area contributed by atoms with E-state index in [1.54, 1.807) is 29.0 Å². The van der Waals surface area contributed by atoms with Crippen molar-refractivity contribution in [1.82, 2.24) is 24.8 Å². The molecule has 10 rings (SSSR count). The molecule has 0 unspecified atom stereocenters. The molecule has 0 atom stereocenters. The van der Waals surface area contributed by atoms with E-state index >= 15 is 0 Å². The molecule has 4 bridgehead atoms. The first-order valence-electron chi connectivity index (χ1n) is 19.2. The van der Waals surface area contributed by atoms with E-state index in [4.69, 9.17) is 4.74 Å². The average molecular weight is 803 g/mol. The number of carboxylic acids is 1. The fraction of sp³-hybridized carbons (Fsp3) is 0.564. The second-order valence-corrected chi connectivity index (χ2v) is 17.3. The summed E-state index contributed by atoms with van der Waals surface area (Å²) >= 11 is 0.976. The van der Waals surface area contributed by atoms with Gasteiger partial charge in [0.2, 0.25) is 5.92 Å². The molecule has 0 radical (unpaired) electrons. The number of aromatic nitrogens is 4. The molecule has 1 saturated heterocycles. The van der Waals surface area contributed by atoms with Crippen molar-refractivity contribution in [2.24, 2.45) is 23.7 Å². The average Bonchev–Trinajstić information content (AvgIpc) is 3.76. The Kier molecular flexibility index (Phi) is 9.04. The second-order valence-electron chi connectivity index (χ2n) is 16.4. The number of amides is 1. The number of rotatable bonds is 8. The van der Waals surface area contributed by atoms with Crippen molar-refractivity contribution in [3.63, 3.8) is 0 Å². The predicted molar refractivity (Wildman–Crippen MR) is 193 cm³/mol. The molecular weight excluding hydrogens is 763 g/mol. The van der Waals surface area contributed by atoms with Crippen LogP contribution in [0.25, 0.3) is 22.3 Å². The minimum Gasteiger partial charge on any atom is -0.490 e. The Labute approximate surface area is 321 Å². The number of halogens is 6. The van der Waals surface area contributed by atoms with Gasteiger partial charge in [-0.15, -0.1) is 0 Å². The molecule has 298 valence electrons. The number of nitrogens with one attached hydrogen (secondary N) is 1. The lowest BCUT2D eigenvalue weighted by molar-refractivity contribution is -0.163. The van der Waals surface area contributed by atoms with E-state index in [9.17, 15) is 41.0 Å². The molecule has 0 spiro atoms. The summed E-state index contributed by atoms with van der Waals surface area (Å²) in [5.41, 5.74) is -3.26. The Morgan fingerprint density at radius 1 is 0.946 bits per heavy atom. The zero-order chi connectivity index (χ0) is 39.1. The maximum absolute atomic E-state index is 14.8. The number of anilines is 1. The number of ether oxygens (including phenoxy) is 1. The lowest BCUT2D eigenvalue weighted by Gasteiger charge is -2.59. The van der Waals surface area contributed by atoms with Crippen LogP contribution in [0.3, 0.4) is 0 Å². The molecule has 5 saturated carbocycles. The molecule has 4 heterocycles. The topological polar surface area (TPSA) is 122 Å². The molecular formula is C39H40F6N6O4S. The van der Waals surface area contributed by atoms with Crippen molar-refractivity contribution in [2.75, 3.05) is 18.0 Å². The number of carboxylic acid groups (broad SMARTS) is 1. The number of benzene rings is 1. The minimum atomic E-state index is -5.09. The number of hydrogen-bond acceptors (Lipinski definition) is 8. The monoisotopic (exact) mass is 802 g/mol. The lowest BCUT2D eigenvalue weighted by atomic mass is 9.48. The number of thiazole rings is 1. The van der Waals surface area contributed by atoms with Crippen LogP contribution in [0.4, 0.5) is 31.5 Å². The van der Waals surface area contributed by atoms with Crippen LogP contribution < -0.4 is 15.0 Å². The third-order valence-electron chi connectivity index (χ3n) is 13.0. The van der Waals surface area contributed by atoms with E-state index in [2.05, 4.69) is 20.3 Å². The molecule has 56 heavy (non-hydrogen) atoms. The zero-order valence-electron chi connectivity index (χ0n) is 30.2. The summed E-state index contributed by atoms with van der Waals surface area (Å²) in [5.74, 6) is -5.11. The second kappa shape index (κ2) is 13.6. The minimum absolute atomic E-state index is 0.139. The van der Waals surface area contributed by atoms with Gasteiger partial charge in [-0.3, -0.25) is 4.79 Å². The Hall–Kier alpha value is -4.41. The summed E-state index contributed by atoms with van der Waals surface area (Å²) < 4.78 is 94.6. The maximum atomic E-state index is 14.8. The van der Waals surface area contributed by atoms with Gasteiger partial charge in [0.05, 0.1) is 17.3 Å². The van der Waals surface area contributed by atoms with Crippen LogP contribution in [-0.2, 0) is 11.0 Å². The molecule has 3 aromatic heterocycles. The number of aliphatic carboxylic acids is 1. The summed E-state index contributed by atoms with van der Waals surface area (Å²) in [6, 6.07) is 4.73. The van der Waals surface area contributed by atoms with Crippen LogP contribution in [-0.4, -0.2) is 67.2 Å².